The number of esters is 1. The molecule has 1 spiro atoms. The van der Waals surface area contributed by atoms with E-state index in [2.05, 4.69) is 6.92 Å². The molecule has 1 saturated carbocycles. The van der Waals surface area contributed by atoms with Crippen molar-refractivity contribution in [1.82, 2.24) is 0 Å². The Bertz CT molecular complexity index is 452. The van der Waals surface area contributed by atoms with Gasteiger partial charge in [0.15, 0.2) is 5.60 Å². The highest BCUT2D eigenvalue weighted by atomic mass is 17.3. The fourth-order valence-corrected chi connectivity index (χ4v) is 4.76. The van der Waals surface area contributed by atoms with Gasteiger partial charge in [0.05, 0.1) is 5.92 Å². The second kappa shape index (κ2) is 3.96. The summed E-state index contributed by atoms with van der Waals surface area (Å²) < 4.78 is 11.6. The molecule has 4 heterocycles. The summed E-state index contributed by atoms with van der Waals surface area (Å²) in [7, 11) is 0. The Balaban J connectivity index is 1.84. The van der Waals surface area contributed by atoms with Gasteiger partial charge in [-0.3, -0.25) is 4.79 Å². The van der Waals surface area contributed by atoms with Crippen LogP contribution < -0.4 is 0 Å². The lowest BCUT2D eigenvalue weighted by molar-refractivity contribution is -0.559. The molecule has 4 aliphatic heterocycles. The van der Waals surface area contributed by atoms with Crippen molar-refractivity contribution in [2.75, 3.05) is 0 Å². The normalized spacial score (nSPS) is 57.8. The van der Waals surface area contributed by atoms with E-state index in [-0.39, 0.29) is 17.8 Å². The predicted molar refractivity (Wildman–Crippen MR) is 68.0 cm³/mol. The fraction of sp³-hybridized carbons (Fsp3) is 0.933. The average molecular weight is 282 g/mol. The first kappa shape index (κ1) is 13.0. The van der Waals surface area contributed by atoms with Crippen LogP contribution in [0.15, 0.2) is 0 Å². The summed E-state index contributed by atoms with van der Waals surface area (Å²) in [5.74, 6) is -0.137. The molecule has 5 fully saturated rings. The lowest BCUT2D eigenvalue weighted by Crippen LogP contribution is -2.69. The molecule has 0 radical (unpaired) electrons. The van der Waals surface area contributed by atoms with E-state index in [1.807, 2.05) is 13.8 Å². The summed E-state index contributed by atoms with van der Waals surface area (Å²) in [5.41, 5.74) is -0.610. The molecule has 5 heteroatoms. The molecule has 0 aromatic rings. The molecule has 4 saturated heterocycles. The van der Waals surface area contributed by atoms with Crippen LogP contribution in [0.3, 0.4) is 0 Å². The van der Waals surface area contributed by atoms with Crippen LogP contribution in [0.1, 0.15) is 46.5 Å². The zero-order valence-electron chi connectivity index (χ0n) is 12.3. The summed E-state index contributed by atoms with van der Waals surface area (Å²) in [6.45, 7) is 6.06. The number of rotatable bonds is 0. The lowest BCUT2D eigenvalue weighted by atomic mass is 9.58. The van der Waals surface area contributed by atoms with Crippen LogP contribution in [0.25, 0.3) is 0 Å². The Kier molecular flexibility index (Phi) is 2.58. The van der Waals surface area contributed by atoms with Gasteiger partial charge in [0.25, 0.3) is 0 Å². The smallest absolute Gasteiger partial charge is 0.311 e. The summed E-state index contributed by atoms with van der Waals surface area (Å²) in [4.78, 5) is 23.7. The summed E-state index contributed by atoms with van der Waals surface area (Å²) in [6, 6.07) is 0. The van der Waals surface area contributed by atoms with Gasteiger partial charge in [0.1, 0.15) is 0 Å². The van der Waals surface area contributed by atoms with Gasteiger partial charge in [-0.15, -0.1) is 0 Å². The number of hydrogen-bond donors (Lipinski definition) is 0. The quantitative estimate of drug-likeness (QED) is 0.504. The van der Waals surface area contributed by atoms with Crippen molar-refractivity contribution in [3.05, 3.63) is 0 Å². The number of fused-ring (bicyclic) bond motifs is 2. The van der Waals surface area contributed by atoms with E-state index in [0.717, 1.165) is 25.7 Å². The van der Waals surface area contributed by atoms with E-state index in [1.54, 1.807) is 0 Å². The van der Waals surface area contributed by atoms with Gasteiger partial charge in [-0.2, -0.15) is 0 Å². The molecule has 112 valence electrons. The average Bonchev–Trinajstić information content (AvgIpc) is 2.63. The van der Waals surface area contributed by atoms with Gasteiger partial charge in [0, 0.05) is 18.3 Å². The van der Waals surface area contributed by atoms with E-state index in [9.17, 15) is 4.79 Å². The molecule has 1 aliphatic carbocycles. The predicted octanol–water partition coefficient (Wildman–Crippen LogP) is 2.39. The van der Waals surface area contributed by atoms with E-state index in [4.69, 9.17) is 19.2 Å². The van der Waals surface area contributed by atoms with Crippen LogP contribution in [-0.4, -0.2) is 23.6 Å². The maximum atomic E-state index is 12.1. The monoisotopic (exact) mass is 282 g/mol. The number of carbonyl (C=O) groups excluding carboxylic acids is 1. The molecule has 20 heavy (non-hydrogen) atoms. The molecule has 5 rings (SSSR count). The second-order valence-electron chi connectivity index (χ2n) is 7.14. The third-order valence-electron chi connectivity index (χ3n) is 5.97. The summed E-state index contributed by atoms with van der Waals surface area (Å²) in [6.07, 6.45) is 3.24. The van der Waals surface area contributed by atoms with Crippen LogP contribution >= 0.6 is 0 Å². The number of carbonyl (C=O) groups is 1. The zero-order chi connectivity index (χ0) is 14.1. The van der Waals surface area contributed by atoms with Gasteiger partial charge in [-0.1, -0.05) is 13.8 Å². The highest BCUT2D eigenvalue weighted by molar-refractivity contribution is 5.74. The van der Waals surface area contributed by atoms with Gasteiger partial charge in [-0.25, -0.2) is 9.78 Å². The SMILES string of the molecule is C[C@H]1CC[C@@H]2[C@@H](C)C(=O)O[C@H]3O[C@@]4(C)CC[C@@H]1[C@]32OO4. The van der Waals surface area contributed by atoms with Crippen molar-refractivity contribution < 1.29 is 24.0 Å². The third kappa shape index (κ3) is 1.46. The molecule has 0 aromatic heterocycles. The lowest BCUT2D eigenvalue weighted by Gasteiger charge is -2.57. The first-order valence-corrected chi connectivity index (χ1v) is 7.71. The molecule has 5 nitrogen and oxygen atoms in total. The van der Waals surface area contributed by atoms with Crippen LogP contribution in [0.5, 0.6) is 0 Å². The van der Waals surface area contributed by atoms with Crippen LogP contribution in [-0.2, 0) is 24.0 Å². The van der Waals surface area contributed by atoms with Crippen LogP contribution in [0, 0.1) is 23.7 Å². The van der Waals surface area contributed by atoms with E-state index < -0.39 is 17.7 Å². The van der Waals surface area contributed by atoms with Gasteiger partial charge < -0.3 is 9.47 Å². The van der Waals surface area contributed by atoms with E-state index >= 15 is 0 Å². The number of hydrogen-bond acceptors (Lipinski definition) is 5. The van der Waals surface area contributed by atoms with Crippen molar-refractivity contribution in [3.8, 4) is 0 Å². The zero-order valence-corrected chi connectivity index (χ0v) is 12.3. The van der Waals surface area contributed by atoms with E-state index in [1.165, 1.54) is 0 Å². The Hall–Kier alpha value is -0.650. The maximum absolute atomic E-state index is 12.1. The van der Waals surface area contributed by atoms with Crippen LogP contribution in [0.2, 0.25) is 0 Å². The topological polar surface area (TPSA) is 54.0 Å². The molecular weight excluding hydrogens is 260 g/mol. The highest BCUT2D eigenvalue weighted by Gasteiger charge is 2.69. The number of ether oxygens (including phenoxy) is 2. The largest absolute Gasteiger partial charge is 0.432 e. The minimum atomic E-state index is -0.793. The van der Waals surface area contributed by atoms with Crippen molar-refractivity contribution in [2.24, 2.45) is 23.7 Å². The van der Waals surface area contributed by atoms with E-state index in [0.29, 0.717) is 11.8 Å². The third-order valence-corrected chi connectivity index (χ3v) is 5.97. The van der Waals surface area contributed by atoms with Crippen molar-refractivity contribution >= 4 is 5.97 Å². The molecule has 0 amide bonds. The standard InChI is InChI=1S/C15H22O5/c1-8-4-5-11-9(2)12(16)17-13-15(11)10(8)6-7-14(3,18-13)19-20-15/h8-11,13H,4-7H2,1-3H3/t8-,9+,10-,11+,13-,14+,15+/m0/s1. The summed E-state index contributed by atoms with van der Waals surface area (Å²) in [5, 5.41) is 0. The van der Waals surface area contributed by atoms with Gasteiger partial charge in [0.2, 0.25) is 12.1 Å². The van der Waals surface area contributed by atoms with Crippen molar-refractivity contribution in [2.45, 2.75) is 64.1 Å². The van der Waals surface area contributed by atoms with Crippen molar-refractivity contribution in [1.29, 1.82) is 0 Å². The minimum Gasteiger partial charge on any atom is -0.432 e. The molecule has 0 aromatic carbocycles. The van der Waals surface area contributed by atoms with Crippen molar-refractivity contribution in [3.63, 3.8) is 0 Å². The van der Waals surface area contributed by atoms with Gasteiger partial charge >= 0.3 is 5.97 Å². The molecule has 0 unspecified atom stereocenters. The summed E-state index contributed by atoms with van der Waals surface area (Å²) >= 11 is 0. The van der Waals surface area contributed by atoms with Crippen LogP contribution in [0.4, 0.5) is 0 Å². The molecule has 5 aliphatic rings. The second-order valence-corrected chi connectivity index (χ2v) is 7.14. The Morgan fingerprint density at radius 1 is 1.10 bits per heavy atom. The maximum Gasteiger partial charge on any atom is 0.311 e. The fourth-order valence-electron chi connectivity index (χ4n) is 4.76. The Morgan fingerprint density at radius 2 is 1.90 bits per heavy atom. The molecule has 2 bridgehead atoms. The molecule has 7 atom stereocenters. The minimum absolute atomic E-state index is 0.123. The molecule has 0 N–H and O–H groups in total. The Morgan fingerprint density at radius 3 is 2.70 bits per heavy atom. The molecular formula is C15H22O5. The highest BCUT2D eigenvalue weighted by Crippen LogP contribution is 2.59. The van der Waals surface area contributed by atoms with Gasteiger partial charge in [-0.05, 0) is 32.1 Å². The Labute approximate surface area is 118 Å². The first-order valence-electron chi connectivity index (χ1n) is 7.71. The first-order chi connectivity index (χ1) is 9.46.